The van der Waals surface area contributed by atoms with Crippen molar-refractivity contribution in [2.24, 2.45) is 10.8 Å². The molecule has 2 amide bonds. The lowest BCUT2D eigenvalue weighted by atomic mass is 10.2. The van der Waals surface area contributed by atoms with Crippen molar-refractivity contribution in [3.8, 4) is 5.75 Å². The first-order chi connectivity index (χ1) is 8.61. The normalized spacial score (nSPS) is 10.1. The van der Waals surface area contributed by atoms with Crippen LogP contribution in [-0.4, -0.2) is 31.9 Å². The van der Waals surface area contributed by atoms with Crippen LogP contribution < -0.4 is 15.9 Å². The lowest BCUT2D eigenvalue weighted by Crippen LogP contribution is -2.24. The highest BCUT2D eigenvalue weighted by Crippen LogP contribution is 2.11. The number of nitrogens with two attached hydrogens (primary N) is 1. The molecule has 0 aliphatic rings. The molecule has 0 aliphatic heterocycles. The second-order valence-electron chi connectivity index (χ2n) is 3.17. The van der Waals surface area contributed by atoms with Gasteiger partial charge < -0.3 is 15.2 Å². The SMILES string of the molecule is COC(=O)COc1cccc(C=NNC(N)=O)c1. The second kappa shape index (κ2) is 6.89. The summed E-state index contributed by atoms with van der Waals surface area (Å²) in [6.45, 7) is -0.170. The van der Waals surface area contributed by atoms with E-state index in [1.165, 1.54) is 13.3 Å². The molecule has 3 N–H and O–H groups in total. The predicted molar refractivity (Wildman–Crippen MR) is 64.3 cm³/mol. The third-order valence-corrected chi connectivity index (χ3v) is 1.83. The summed E-state index contributed by atoms with van der Waals surface area (Å²) in [6, 6.07) is 6.05. The van der Waals surface area contributed by atoms with Gasteiger partial charge in [0.1, 0.15) is 5.75 Å². The Balaban J connectivity index is 2.59. The molecule has 0 unspecified atom stereocenters. The van der Waals surface area contributed by atoms with Crippen LogP contribution in [-0.2, 0) is 9.53 Å². The van der Waals surface area contributed by atoms with E-state index in [9.17, 15) is 9.59 Å². The van der Waals surface area contributed by atoms with E-state index in [0.717, 1.165) is 0 Å². The van der Waals surface area contributed by atoms with Gasteiger partial charge in [-0.15, -0.1) is 0 Å². The quantitative estimate of drug-likeness (QED) is 0.444. The second-order valence-corrected chi connectivity index (χ2v) is 3.17. The average molecular weight is 251 g/mol. The van der Waals surface area contributed by atoms with Gasteiger partial charge in [-0.2, -0.15) is 5.10 Å². The van der Waals surface area contributed by atoms with Gasteiger partial charge in [-0.3, -0.25) is 0 Å². The highest BCUT2D eigenvalue weighted by atomic mass is 16.6. The number of amides is 2. The first-order valence-corrected chi connectivity index (χ1v) is 5.00. The standard InChI is InChI=1S/C11H13N3O4/c1-17-10(15)7-18-9-4-2-3-8(5-9)6-13-14-11(12)16/h2-6H,7H2,1H3,(H3,12,14,16). The molecule has 0 spiro atoms. The summed E-state index contributed by atoms with van der Waals surface area (Å²) >= 11 is 0. The van der Waals surface area contributed by atoms with Crippen molar-refractivity contribution < 1.29 is 19.1 Å². The predicted octanol–water partition coefficient (Wildman–Crippen LogP) is 0.241. The zero-order valence-electron chi connectivity index (χ0n) is 9.75. The highest BCUT2D eigenvalue weighted by molar-refractivity contribution is 5.82. The van der Waals surface area contributed by atoms with Gasteiger partial charge in [0.15, 0.2) is 6.61 Å². The third kappa shape index (κ3) is 4.97. The number of esters is 1. The van der Waals surface area contributed by atoms with Crippen molar-refractivity contribution in [2.75, 3.05) is 13.7 Å². The van der Waals surface area contributed by atoms with Gasteiger partial charge in [-0.1, -0.05) is 12.1 Å². The van der Waals surface area contributed by atoms with Crippen LogP contribution in [0.25, 0.3) is 0 Å². The Bertz CT molecular complexity index is 459. The van der Waals surface area contributed by atoms with Crippen LogP contribution in [0.15, 0.2) is 29.4 Å². The monoisotopic (exact) mass is 251 g/mol. The minimum absolute atomic E-state index is 0.170. The number of carbonyl (C=O) groups is 2. The number of urea groups is 1. The minimum atomic E-state index is -0.746. The minimum Gasteiger partial charge on any atom is -0.482 e. The van der Waals surface area contributed by atoms with Crippen LogP contribution in [0.3, 0.4) is 0 Å². The molecule has 0 aliphatic carbocycles. The molecule has 18 heavy (non-hydrogen) atoms. The summed E-state index contributed by atoms with van der Waals surface area (Å²) in [5, 5.41) is 3.60. The first-order valence-electron chi connectivity index (χ1n) is 5.00. The summed E-state index contributed by atoms with van der Waals surface area (Å²) in [4.78, 5) is 21.3. The fraction of sp³-hybridized carbons (Fsp3) is 0.182. The van der Waals surface area contributed by atoms with E-state index in [1.54, 1.807) is 24.3 Å². The topological polar surface area (TPSA) is 103 Å². The maximum Gasteiger partial charge on any atom is 0.343 e. The number of primary amides is 1. The number of rotatable bonds is 5. The van der Waals surface area contributed by atoms with Crippen molar-refractivity contribution in [2.45, 2.75) is 0 Å². The molecule has 1 rings (SSSR count). The molecule has 0 heterocycles. The van der Waals surface area contributed by atoms with Crippen LogP contribution in [0.4, 0.5) is 4.79 Å². The largest absolute Gasteiger partial charge is 0.482 e. The van der Waals surface area contributed by atoms with E-state index in [2.05, 4.69) is 15.3 Å². The number of benzene rings is 1. The van der Waals surface area contributed by atoms with E-state index in [-0.39, 0.29) is 6.61 Å². The van der Waals surface area contributed by atoms with Crippen molar-refractivity contribution in [1.82, 2.24) is 5.43 Å². The molecule has 0 atom stereocenters. The number of nitrogens with zero attached hydrogens (tertiary/aromatic N) is 1. The van der Waals surface area contributed by atoms with Gasteiger partial charge in [0, 0.05) is 0 Å². The molecule has 0 aromatic heterocycles. The summed E-state index contributed by atoms with van der Waals surface area (Å²) in [6.07, 6.45) is 1.40. The van der Waals surface area contributed by atoms with E-state index >= 15 is 0 Å². The van der Waals surface area contributed by atoms with Gasteiger partial charge in [-0.25, -0.2) is 15.0 Å². The van der Waals surface area contributed by atoms with Crippen LogP contribution in [0.2, 0.25) is 0 Å². The molecule has 0 saturated carbocycles. The van der Waals surface area contributed by atoms with Gasteiger partial charge in [0.2, 0.25) is 0 Å². The van der Waals surface area contributed by atoms with E-state index < -0.39 is 12.0 Å². The summed E-state index contributed by atoms with van der Waals surface area (Å²) in [7, 11) is 1.28. The number of hydrogen-bond donors (Lipinski definition) is 2. The lowest BCUT2D eigenvalue weighted by Gasteiger charge is -2.04. The van der Waals surface area contributed by atoms with E-state index in [0.29, 0.717) is 11.3 Å². The molecule has 96 valence electrons. The molecular weight excluding hydrogens is 238 g/mol. The average Bonchev–Trinajstić information content (AvgIpc) is 2.36. The number of methoxy groups -OCH3 is 1. The maximum atomic E-state index is 10.9. The number of carbonyl (C=O) groups excluding carboxylic acids is 2. The van der Waals surface area contributed by atoms with Crippen LogP contribution >= 0.6 is 0 Å². The van der Waals surface area contributed by atoms with Gasteiger partial charge in [0.05, 0.1) is 13.3 Å². The molecule has 7 nitrogen and oxygen atoms in total. The first kappa shape index (κ1) is 13.5. The summed E-state index contributed by atoms with van der Waals surface area (Å²) in [5.41, 5.74) is 7.60. The van der Waals surface area contributed by atoms with E-state index in [4.69, 9.17) is 10.5 Å². The Kier molecular flexibility index (Phi) is 5.17. The molecule has 0 fully saturated rings. The molecular formula is C11H13N3O4. The zero-order chi connectivity index (χ0) is 13.4. The van der Waals surface area contributed by atoms with Crippen molar-refractivity contribution in [3.05, 3.63) is 29.8 Å². The number of hydrazone groups is 1. The van der Waals surface area contributed by atoms with Gasteiger partial charge in [0.25, 0.3) is 0 Å². The molecule has 0 bridgehead atoms. The Labute approximate surface area is 104 Å². The lowest BCUT2D eigenvalue weighted by molar-refractivity contribution is -0.142. The van der Waals surface area contributed by atoms with Crippen LogP contribution in [0.1, 0.15) is 5.56 Å². The fourth-order valence-electron chi connectivity index (χ4n) is 1.06. The molecule has 0 radical (unpaired) electrons. The third-order valence-electron chi connectivity index (χ3n) is 1.83. The van der Waals surface area contributed by atoms with Crippen molar-refractivity contribution in [3.63, 3.8) is 0 Å². The maximum absolute atomic E-state index is 10.9. The van der Waals surface area contributed by atoms with Crippen LogP contribution in [0.5, 0.6) is 5.75 Å². The molecule has 1 aromatic carbocycles. The van der Waals surface area contributed by atoms with Crippen molar-refractivity contribution in [1.29, 1.82) is 0 Å². The van der Waals surface area contributed by atoms with Crippen LogP contribution in [0, 0.1) is 0 Å². The Morgan fingerprint density at radius 3 is 2.94 bits per heavy atom. The van der Waals surface area contributed by atoms with Gasteiger partial charge in [-0.05, 0) is 17.7 Å². The molecule has 1 aromatic rings. The summed E-state index contributed by atoms with van der Waals surface area (Å²) in [5.74, 6) is 0.0212. The number of nitrogens with one attached hydrogen (secondary N) is 1. The fourth-order valence-corrected chi connectivity index (χ4v) is 1.06. The zero-order valence-corrected chi connectivity index (χ0v) is 9.75. The Morgan fingerprint density at radius 1 is 1.50 bits per heavy atom. The Morgan fingerprint density at radius 2 is 2.28 bits per heavy atom. The molecule has 0 saturated heterocycles. The van der Waals surface area contributed by atoms with Crippen molar-refractivity contribution >= 4 is 18.2 Å². The number of ether oxygens (including phenoxy) is 2. The summed E-state index contributed by atoms with van der Waals surface area (Å²) < 4.78 is 9.62. The number of hydrogen-bond acceptors (Lipinski definition) is 5. The van der Waals surface area contributed by atoms with E-state index in [1.807, 2.05) is 0 Å². The smallest absolute Gasteiger partial charge is 0.343 e. The molecule has 7 heteroatoms. The highest BCUT2D eigenvalue weighted by Gasteiger charge is 2.01. The van der Waals surface area contributed by atoms with Gasteiger partial charge >= 0.3 is 12.0 Å². The Hall–Kier alpha value is -2.57.